The van der Waals surface area contributed by atoms with Gasteiger partial charge in [-0.15, -0.1) is 0 Å². The van der Waals surface area contributed by atoms with Crippen LogP contribution in [0.4, 0.5) is 5.69 Å². The summed E-state index contributed by atoms with van der Waals surface area (Å²) in [5.41, 5.74) is 7.12. The fourth-order valence-electron chi connectivity index (χ4n) is 1.66. The average molecular weight is 276 g/mol. The van der Waals surface area contributed by atoms with Gasteiger partial charge in [0.2, 0.25) is 5.91 Å². The zero-order valence-electron chi connectivity index (χ0n) is 11.7. The summed E-state index contributed by atoms with van der Waals surface area (Å²) in [6.07, 6.45) is 3.14. The van der Waals surface area contributed by atoms with Crippen molar-refractivity contribution in [3.05, 3.63) is 35.9 Å². The number of anilines is 1. The first kappa shape index (κ1) is 15.8. The lowest BCUT2D eigenvalue weighted by Crippen LogP contribution is -2.35. The van der Waals surface area contributed by atoms with E-state index in [0.717, 1.165) is 5.56 Å². The standard InChI is InChI=1S/C15H20N2O3/c1-3-17(10-11(2)15(19)20)14(18)9-6-12-4-7-13(16)8-5-12/h4-9,11H,3,10,16H2,1-2H3,(H,19,20)/b9-6+. The number of carboxylic acid groups (broad SMARTS) is 1. The van der Waals surface area contributed by atoms with Gasteiger partial charge in [0, 0.05) is 24.9 Å². The van der Waals surface area contributed by atoms with E-state index in [9.17, 15) is 9.59 Å². The molecule has 1 aromatic rings. The molecule has 0 fully saturated rings. The number of nitrogens with zero attached hydrogens (tertiary/aromatic N) is 1. The summed E-state index contributed by atoms with van der Waals surface area (Å²) in [5, 5.41) is 8.87. The van der Waals surface area contributed by atoms with E-state index in [4.69, 9.17) is 10.8 Å². The zero-order valence-corrected chi connectivity index (χ0v) is 11.7. The molecular formula is C15H20N2O3. The topological polar surface area (TPSA) is 83.6 Å². The van der Waals surface area contributed by atoms with Crippen molar-refractivity contribution in [3.63, 3.8) is 0 Å². The number of rotatable bonds is 6. The Balaban J connectivity index is 2.67. The van der Waals surface area contributed by atoms with Gasteiger partial charge in [0.1, 0.15) is 0 Å². The highest BCUT2D eigenvalue weighted by atomic mass is 16.4. The first-order valence-corrected chi connectivity index (χ1v) is 6.49. The van der Waals surface area contributed by atoms with Crippen molar-refractivity contribution >= 4 is 23.6 Å². The molecule has 0 saturated carbocycles. The van der Waals surface area contributed by atoms with Crippen LogP contribution in [0.3, 0.4) is 0 Å². The Kier molecular flexibility index (Phi) is 5.77. The van der Waals surface area contributed by atoms with Gasteiger partial charge >= 0.3 is 5.97 Å². The molecule has 0 aliphatic rings. The SMILES string of the molecule is CCN(CC(C)C(=O)O)C(=O)/C=C/c1ccc(N)cc1. The molecule has 5 nitrogen and oxygen atoms in total. The number of carbonyl (C=O) groups is 2. The van der Waals surface area contributed by atoms with Crippen LogP contribution in [0.1, 0.15) is 19.4 Å². The minimum atomic E-state index is -0.904. The maximum Gasteiger partial charge on any atom is 0.308 e. The van der Waals surface area contributed by atoms with E-state index in [0.29, 0.717) is 12.2 Å². The average Bonchev–Trinajstić information content (AvgIpc) is 2.43. The monoisotopic (exact) mass is 276 g/mol. The van der Waals surface area contributed by atoms with Crippen LogP contribution in [0.5, 0.6) is 0 Å². The second-order valence-corrected chi connectivity index (χ2v) is 4.62. The molecule has 0 saturated heterocycles. The minimum Gasteiger partial charge on any atom is -0.481 e. The van der Waals surface area contributed by atoms with Gasteiger partial charge < -0.3 is 15.7 Å². The predicted octanol–water partition coefficient (Wildman–Crippen LogP) is 1.85. The van der Waals surface area contributed by atoms with Crippen LogP contribution in [0.2, 0.25) is 0 Å². The molecule has 0 aromatic heterocycles. The summed E-state index contributed by atoms with van der Waals surface area (Å²) in [4.78, 5) is 24.3. The zero-order chi connectivity index (χ0) is 15.1. The quantitative estimate of drug-likeness (QED) is 0.613. The molecule has 20 heavy (non-hydrogen) atoms. The number of nitrogens with two attached hydrogens (primary N) is 1. The van der Waals surface area contributed by atoms with Gasteiger partial charge in [-0.3, -0.25) is 9.59 Å². The summed E-state index contributed by atoms with van der Waals surface area (Å²) in [7, 11) is 0. The highest BCUT2D eigenvalue weighted by Crippen LogP contribution is 2.08. The van der Waals surface area contributed by atoms with Crippen molar-refractivity contribution in [2.75, 3.05) is 18.8 Å². The number of likely N-dealkylation sites (N-methyl/N-ethyl adjacent to an activating group) is 1. The van der Waals surface area contributed by atoms with Crippen molar-refractivity contribution < 1.29 is 14.7 Å². The third-order valence-corrected chi connectivity index (χ3v) is 2.96. The molecule has 5 heteroatoms. The molecule has 108 valence electrons. The lowest BCUT2D eigenvalue weighted by Gasteiger charge is -2.21. The van der Waals surface area contributed by atoms with Crippen LogP contribution in [-0.2, 0) is 9.59 Å². The summed E-state index contributed by atoms with van der Waals surface area (Å²) < 4.78 is 0. The van der Waals surface area contributed by atoms with Gasteiger partial charge in [-0.25, -0.2) is 0 Å². The van der Waals surface area contributed by atoms with E-state index in [1.807, 2.05) is 19.1 Å². The molecule has 0 radical (unpaired) electrons. The molecule has 0 aliphatic carbocycles. The molecule has 1 unspecified atom stereocenters. The molecule has 0 spiro atoms. The Hall–Kier alpha value is -2.30. The highest BCUT2D eigenvalue weighted by Gasteiger charge is 2.17. The molecule has 0 heterocycles. The van der Waals surface area contributed by atoms with E-state index in [2.05, 4.69) is 0 Å². The fourth-order valence-corrected chi connectivity index (χ4v) is 1.66. The molecular weight excluding hydrogens is 256 g/mol. The number of carboxylic acids is 1. The van der Waals surface area contributed by atoms with Crippen LogP contribution in [0, 0.1) is 5.92 Å². The predicted molar refractivity (Wildman–Crippen MR) is 78.9 cm³/mol. The number of carbonyl (C=O) groups excluding carboxylic acids is 1. The van der Waals surface area contributed by atoms with Gasteiger partial charge in [0.05, 0.1) is 5.92 Å². The number of benzene rings is 1. The van der Waals surface area contributed by atoms with E-state index in [1.54, 1.807) is 25.1 Å². The summed E-state index contributed by atoms with van der Waals surface area (Å²) >= 11 is 0. The Labute approximate surface area is 118 Å². The third kappa shape index (κ3) is 4.76. The Morgan fingerprint density at radius 3 is 2.45 bits per heavy atom. The normalized spacial score (nSPS) is 12.3. The number of hydrogen-bond donors (Lipinski definition) is 2. The smallest absolute Gasteiger partial charge is 0.308 e. The number of aliphatic carboxylic acids is 1. The summed E-state index contributed by atoms with van der Waals surface area (Å²) in [5.74, 6) is -1.68. The first-order valence-electron chi connectivity index (χ1n) is 6.49. The highest BCUT2D eigenvalue weighted by molar-refractivity contribution is 5.92. The van der Waals surface area contributed by atoms with E-state index >= 15 is 0 Å². The van der Waals surface area contributed by atoms with Crippen LogP contribution >= 0.6 is 0 Å². The minimum absolute atomic E-state index is 0.197. The van der Waals surface area contributed by atoms with Crippen LogP contribution in [-0.4, -0.2) is 35.0 Å². The Morgan fingerprint density at radius 2 is 1.95 bits per heavy atom. The molecule has 1 aromatic carbocycles. The maximum absolute atomic E-state index is 12.0. The van der Waals surface area contributed by atoms with Crippen LogP contribution in [0.25, 0.3) is 6.08 Å². The van der Waals surface area contributed by atoms with Crippen LogP contribution in [0.15, 0.2) is 30.3 Å². The van der Waals surface area contributed by atoms with Gasteiger partial charge in [0.25, 0.3) is 0 Å². The first-order chi connectivity index (χ1) is 9.43. The number of nitrogen functional groups attached to an aromatic ring is 1. The van der Waals surface area contributed by atoms with Crippen molar-refractivity contribution in [2.45, 2.75) is 13.8 Å². The fraction of sp³-hybridized carbons (Fsp3) is 0.333. The maximum atomic E-state index is 12.0. The van der Waals surface area contributed by atoms with Crippen molar-refractivity contribution in [1.29, 1.82) is 0 Å². The van der Waals surface area contributed by atoms with E-state index in [1.165, 1.54) is 11.0 Å². The van der Waals surface area contributed by atoms with Crippen molar-refractivity contribution in [1.82, 2.24) is 4.90 Å². The molecule has 1 atom stereocenters. The number of hydrogen-bond acceptors (Lipinski definition) is 3. The van der Waals surface area contributed by atoms with E-state index < -0.39 is 11.9 Å². The lowest BCUT2D eigenvalue weighted by molar-refractivity contribution is -0.142. The molecule has 0 bridgehead atoms. The van der Waals surface area contributed by atoms with Crippen LogP contribution < -0.4 is 5.73 Å². The van der Waals surface area contributed by atoms with Gasteiger partial charge in [0.15, 0.2) is 0 Å². The summed E-state index contributed by atoms with van der Waals surface area (Å²) in [6, 6.07) is 7.15. The van der Waals surface area contributed by atoms with Gasteiger partial charge in [-0.05, 0) is 30.7 Å². The Morgan fingerprint density at radius 1 is 1.35 bits per heavy atom. The largest absolute Gasteiger partial charge is 0.481 e. The lowest BCUT2D eigenvalue weighted by atomic mass is 10.1. The molecule has 1 amide bonds. The Bertz CT molecular complexity index is 494. The second kappa shape index (κ2) is 7.33. The van der Waals surface area contributed by atoms with E-state index in [-0.39, 0.29) is 12.5 Å². The summed E-state index contributed by atoms with van der Waals surface area (Å²) in [6.45, 7) is 4.09. The molecule has 1 rings (SSSR count). The van der Waals surface area contributed by atoms with Gasteiger partial charge in [-0.2, -0.15) is 0 Å². The molecule has 3 N–H and O–H groups in total. The number of amides is 1. The second-order valence-electron chi connectivity index (χ2n) is 4.62. The van der Waals surface area contributed by atoms with Crippen molar-refractivity contribution in [2.24, 2.45) is 5.92 Å². The van der Waals surface area contributed by atoms with Crippen molar-refractivity contribution in [3.8, 4) is 0 Å². The van der Waals surface area contributed by atoms with Gasteiger partial charge in [-0.1, -0.05) is 19.1 Å². The molecule has 0 aliphatic heterocycles. The third-order valence-electron chi connectivity index (χ3n) is 2.96.